The highest BCUT2D eigenvalue weighted by atomic mass is 32.2. The van der Waals surface area contributed by atoms with Crippen LogP contribution in [0, 0.1) is 20.8 Å². The molecule has 1 N–H and O–H groups in total. The fraction of sp³-hybridized carbons (Fsp3) is 0.381. The summed E-state index contributed by atoms with van der Waals surface area (Å²) in [5.41, 5.74) is 5.27. The van der Waals surface area contributed by atoms with Crippen molar-refractivity contribution in [2.75, 3.05) is 22.4 Å². The Balaban J connectivity index is 2.32. The van der Waals surface area contributed by atoms with Crippen LogP contribution in [0.3, 0.4) is 0 Å². The Morgan fingerprint density at radius 2 is 1.70 bits per heavy atom. The van der Waals surface area contributed by atoms with Crippen LogP contribution < -0.4 is 9.62 Å². The molecule has 0 bridgehead atoms. The Hall–Kier alpha value is -2.34. The van der Waals surface area contributed by atoms with Crippen LogP contribution in [0.1, 0.15) is 42.0 Å². The number of carbonyl (C=O) groups excluding carboxylic acids is 1. The van der Waals surface area contributed by atoms with Gasteiger partial charge in [0.25, 0.3) is 0 Å². The average Bonchev–Trinajstić information content (AvgIpc) is 2.56. The Morgan fingerprint density at radius 3 is 2.26 bits per heavy atom. The number of sulfonamides is 1. The van der Waals surface area contributed by atoms with Crippen molar-refractivity contribution in [3.8, 4) is 0 Å². The van der Waals surface area contributed by atoms with Crippen molar-refractivity contribution in [3.63, 3.8) is 0 Å². The molecule has 5 nitrogen and oxygen atoms in total. The van der Waals surface area contributed by atoms with Gasteiger partial charge in [-0.1, -0.05) is 38.1 Å². The third-order valence-electron chi connectivity index (χ3n) is 4.66. The van der Waals surface area contributed by atoms with Crippen molar-refractivity contribution in [1.29, 1.82) is 0 Å². The van der Waals surface area contributed by atoms with E-state index >= 15 is 0 Å². The number of para-hydroxylation sites is 1. The van der Waals surface area contributed by atoms with Gasteiger partial charge in [-0.3, -0.25) is 9.10 Å². The van der Waals surface area contributed by atoms with Gasteiger partial charge in [-0.25, -0.2) is 8.42 Å². The highest BCUT2D eigenvalue weighted by Gasteiger charge is 2.22. The average molecular weight is 389 g/mol. The lowest BCUT2D eigenvalue weighted by Crippen LogP contribution is -2.37. The number of anilines is 2. The van der Waals surface area contributed by atoms with Crippen LogP contribution >= 0.6 is 0 Å². The molecule has 0 aliphatic heterocycles. The van der Waals surface area contributed by atoms with Crippen LogP contribution in [0.25, 0.3) is 0 Å². The van der Waals surface area contributed by atoms with Gasteiger partial charge >= 0.3 is 0 Å². The van der Waals surface area contributed by atoms with E-state index in [9.17, 15) is 13.2 Å². The maximum absolute atomic E-state index is 12.7. The van der Waals surface area contributed by atoms with E-state index < -0.39 is 10.0 Å². The smallest absolute Gasteiger partial charge is 0.245 e. The topological polar surface area (TPSA) is 66.5 Å². The zero-order valence-corrected chi connectivity index (χ0v) is 17.6. The van der Waals surface area contributed by atoms with Crippen molar-refractivity contribution in [1.82, 2.24) is 0 Å². The largest absolute Gasteiger partial charge is 0.324 e. The van der Waals surface area contributed by atoms with E-state index in [1.54, 1.807) is 12.1 Å². The van der Waals surface area contributed by atoms with Gasteiger partial charge in [0.05, 0.1) is 11.9 Å². The molecule has 0 radical (unpaired) electrons. The molecule has 0 atom stereocenters. The molecule has 2 aromatic rings. The van der Waals surface area contributed by atoms with Gasteiger partial charge in [0.15, 0.2) is 0 Å². The minimum atomic E-state index is -3.60. The van der Waals surface area contributed by atoms with E-state index in [0.29, 0.717) is 5.69 Å². The number of nitrogens with one attached hydrogen (secondary N) is 1. The molecule has 1 amide bonds. The number of benzene rings is 2. The molecule has 0 unspecified atom stereocenters. The first-order valence-corrected chi connectivity index (χ1v) is 10.8. The number of amides is 1. The number of rotatable bonds is 6. The molecule has 0 aliphatic rings. The zero-order chi connectivity index (χ0) is 20.4. The summed E-state index contributed by atoms with van der Waals surface area (Å²) in [6.45, 7) is 9.65. The van der Waals surface area contributed by atoms with Gasteiger partial charge in [-0.15, -0.1) is 0 Å². The van der Waals surface area contributed by atoms with Gasteiger partial charge < -0.3 is 5.32 Å². The van der Waals surface area contributed by atoms with E-state index in [1.807, 2.05) is 45.0 Å². The molecule has 2 aromatic carbocycles. The molecule has 0 saturated carbocycles. The number of carbonyl (C=O) groups is 1. The highest BCUT2D eigenvalue weighted by molar-refractivity contribution is 7.92. The van der Waals surface area contributed by atoms with Crippen LogP contribution in [-0.2, 0) is 14.8 Å². The zero-order valence-electron chi connectivity index (χ0n) is 16.8. The summed E-state index contributed by atoms with van der Waals surface area (Å²) in [4.78, 5) is 12.7. The first-order chi connectivity index (χ1) is 12.5. The first-order valence-electron chi connectivity index (χ1n) is 8.95. The summed E-state index contributed by atoms with van der Waals surface area (Å²) in [5.74, 6) is -0.124. The Bertz CT molecular complexity index is 950. The molecular weight excluding hydrogens is 360 g/mol. The lowest BCUT2D eigenvalue weighted by Gasteiger charge is -2.23. The number of hydrogen-bond acceptors (Lipinski definition) is 3. The van der Waals surface area contributed by atoms with Gasteiger partial charge in [0.2, 0.25) is 15.9 Å². The van der Waals surface area contributed by atoms with Gasteiger partial charge in [-0.05, 0) is 61.1 Å². The molecule has 146 valence electrons. The molecule has 27 heavy (non-hydrogen) atoms. The van der Waals surface area contributed by atoms with Gasteiger partial charge in [0.1, 0.15) is 6.54 Å². The SMILES string of the molecule is Cc1ccc(N(CC(=O)Nc2c(C)cccc2C(C)C)S(C)(=O)=O)cc1C. The van der Waals surface area contributed by atoms with E-state index in [4.69, 9.17) is 0 Å². The van der Waals surface area contributed by atoms with Gasteiger partial charge in [0, 0.05) is 5.69 Å². The van der Waals surface area contributed by atoms with Gasteiger partial charge in [-0.2, -0.15) is 0 Å². The monoisotopic (exact) mass is 388 g/mol. The second kappa shape index (κ2) is 8.13. The minimum Gasteiger partial charge on any atom is -0.324 e. The molecular formula is C21H28N2O3S. The second-order valence-corrected chi connectivity index (χ2v) is 9.19. The molecule has 0 fully saturated rings. The van der Waals surface area contributed by atoms with Crippen LogP contribution in [0.5, 0.6) is 0 Å². The van der Waals surface area contributed by atoms with E-state index in [2.05, 4.69) is 19.2 Å². The lowest BCUT2D eigenvalue weighted by molar-refractivity contribution is -0.114. The number of aryl methyl sites for hydroxylation is 3. The first kappa shape index (κ1) is 21.0. The lowest BCUT2D eigenvalue weighted by atomic mass is 9.98. The van der Waals surface area contributed by atoms with Crippen molar-refractivity contribution >= 4 is 27.3 Å². The molecule has 0 aromatic heterocycles. The summed E-state index contributed by atoms with van der Waals surface area (Å²) in [5, 5.41) is 2.91. The maximum atomic E-state index is 12.7. The summed E-state index contributed by atoms with van der Waals surface area (Å²) in [6, 6.07) is 11.2. The third-order valence-corrected chi connectivity index (χ3v) is 5.80. The normalized spacial score (nSPS) is 11.5. The highest BCUT2D eigenvalue weighted by Crippen LogP contribution is 2.28. The predicted octanol–water partition coefficient (Wildman–Crippen LogP) is 4.14. The quantitative estimate of drug-likeness (QED) is 0.809. The number of hydrogen-bond donors (Lipinski definition) is 1. The summed E-state index contributed by atoms with van der Waals surface area (Å²) < 4.78 is 25.7. The van der Waals surface area contributed by atoms with Crippen molar-refractivity contribution < 1.29 is 13.2 Å². The Morgan fingerprint density at radius 1 is 1.04 bits per heavy atom. The van der Waals surface area contributed by atoms with E-state index in [-0.39, 0.29) is 18.4 Å². The standard InChI is InChI=1S/C21H28N2O3S/c1-14(2)19-9-7-8-16(4)21(19)22-20(24)13-23(27(6,25)26)18-11-10-15(3)17(5)12-18/h7-12,14H,13H2,1-6H3,(H,22,24). The maximum Gasteiger partial charge on any atom is 0.245 e. The van der Waals surface area contributed by atoms with E-state index in [1.165, 1.54) is 0 Å². The summed E-state index contributed by atoms with van der Waals surface area (Å²) >= 11 is 0. The predicted molar refractivity (Wildman–Crippen MR) is 112 cm³/mol. The molecule has 6 heteroatoms. The van der Waals surface area contributed by atoms with Crippen molar-refractivity contribution in [3.05, 3.63) is 58.7 Å². The Kier molecular flexibility index (Phi) is 6.31. The molecule has 0 aliphatic carbocycles. The van der Waals surface area contributed by atoms with Crippen LogP contribution in [-0.4, -0.2) is 27.1 Å². The third kappa shape index (κ3) is 5.10. The fourth-order valence-electron chi connectivity index (χ4n) is 2.93. The molecule has 0 heterocycles. The molecule has 2 rings (SSSR count). The Labute approximate surface area is 162 Å². The number of nitrogens with zero attached hydrogens (tertiary/aromatic N) is 1. The second-order valence-electron chi connectivity index (χ2n) is 7.28. The molecule has 0 spiro atoms. The van der Waals surface area contributed by atoms with E-state index in [0.717, 1.165) is 38.5 Å². The fourth-order valence-corrected chi connectivity index (χ4v) is 3.78. The van der Waals surface area contributed by atoms with Crippen LogP contribution in [0.2, 0.25) is 0 Å². The van der Waals surface area contributed by atoms with Crippen LogP contribution in [0.4, 0.5) is 11.4 Å². The minimum absolute atomic E-state index is 0.242. The summed E-state index contributed by atoms with van der Waals surface area (Å²) in [6.07, 6.45) is 1.11. The van der Waals surface area contributed by atoms with Crippen LogP contribution in [0.15, 0.2) is 36.4 Å². The molecule has 0 saturated heterocycles. The summed E-state index contributed by atoms with van der Waals surface area (Å²) in [7, 11) is -3.60. The van der Waals surface area contributed by atoms with Crippen molar-refractivity contribution in [2.45, 2.75) is 40.5 Å². The van der Waals surface area contributed by atoms with Crippen molar-refractivity contribution in [2.24, 2.45) is 0 Å².